The predicted molar refractivity (Wildman–Crippen MR) is 102 cm³/mol. The number of nitrogens with zero attached hydrogens (tertiary/aromatic N) is 1. The average Bonchev–Trinajstić information content (AvgIpc) is 3.02. The summed E-state index contributed by atoms with van der Waals surface area (Å²) >= 11 is 0.814. The fraction of sp³-hybridized carbons (Fsp3) is 0.105. The van der Waals surface area contributed by atoms with Gasteiger partial charge in [0.25, 0.3) is 11.1 Å². The number of nitrogens with one attached hydrogen (secondary N) is 1. The number of primary amides is 1. The number of hydrogen-bond donors (Lipinski definition) is 3. The zero-order chi connectivity index (χ0) is 22.0. The van der Waals surface area contributed by atoms with Crippen molar-refractivity contribution < 1.29 is 32.6 Å². The van der Waals surface area contributed by atoms with E-state index in [-0.39, 0.29) is 39.3 Å². The lowest BCUT2D eigenvalue weighted by molar-refractivity contribution is 0.0701. The van der Waals surface area contributed by atoms with Crippen LogP contribution >= 0.6 is 11.3 Å². The summed E-state index contributed by atoms with van der Waals surface area (Å²) in [4.78, 5) is 26.9. The third-order valence-corrected chi connectivity index (χ3v) is 5.02. The van der Waals surface area contributed by atoms with Gasteiger partial charge in [-0.1, -0.05) is 11.3 Å². The summed E-state index contributed by atoms with van der Waals surface area (Å²) in [5.41, 5.74) is 5.36. The van der Waals surface area contributed by atoms with Gasteiger partial charge in [0.15, 0.2) is 0 Å². The highest BCUT2D eigenvalue weighted by atomic mass is 32.1. The lowest BCUT2D eigenvalue weighted by Gasteiger charge is -2.13. The van der Waals surface area contributed by atoms with Gasteiger partial charge in [-0.15, -0.1) is 0 Å². The topological polar surface area (TPSA) is 115 Å². The molecule has 1 heterocycles. The van der Waals surface area contributed by atoms with E-state index in [0.717, 1.165) is 11.3 Å². The van der Waals surface area contributed by atoms with Crippen LogP contribution in [0.5, 0.6) is 10.9 Å². The number of aromatic carboxylic acids is 1. The van der Waals surface area contributed by atoms with Crippen molar-refractivity contribution >= 4 is 28.9 Å². The van der Waals surface area contributed by atoms with Gasteiger partial charge in [0.05, 0.1) is 11.3 Å². The second-order valence-electron chi connectivity index (χ2n) is 6.07. The first kappa shape index (κ1) is 21.1. The minimum absolute atomic E-state index is 0.0155. The van der Waals surface area contributed by atoms with Gasteiger partial charge in [-0.05, 0) is 25.1 Å². The number of nitrogens with two attached hydrogens (primary N) is 1. The molecular weight excluding hydrogens is 423 g/mol. The number of carboxylic acid groups (broad SMARTS) is 1. The summed E-state index contributed by atoms with van der Waals surface area (Å²) in [7, 11) is 0. The minimum atomic E-state index is -1.14. The maximum atomic E-state index is 13.8. The van der Waals surface area contributed by atoms with E-state index in [9.17, 15) is 22.8 Å². The molecule has 0 radical (unpaired) electrons. The third kappa shape index (κ3) is 4.51. The molecule has 0 atom stereocenters. The van der Waals surface area contributed by atoms with Gasteiger partial charge in [0, 0.05) is 29.9 Å². The largest absolute Gasteiger partial charge is 0.477 e. The molecule has 30 heavy (non-hydrogen) atoms. The number of aromatic nitrogens is 1. The van der Waals surface area contributed by atoms with Gasteiger partial charge in [-0.3, -0.25) is 4.79 Å². The summed E-state index contributed by atoms with van der Waals surface area (Å²) in [6.07, 6.45) is 0. The second-order valence-corrected chi connectivity index (χ2v) is 7.04. The minimum Gasteiger partial charge on any atom is -0.477 e. The van der Waals surface area contributed by atoms with E-state index in [4.69, 9.17) is 15.6 Å². The van der Waals surface area contributed by atoms with Crippen LogP contribution in [0.25, 0.3) is 0 Å². The Morgan fingerprint density at radius 3 is 2.43 bits per heavy atom. The number of rotatable bonds is 7. The van der Waals surface area contributed by atoms with Crippen molar-refractivity contribution in [3.8, 4) is 10.9 Å². The van der Waals surface area contributed by atoms with Crippen LogP contribution in [0.4, 0.5) is 18.9 Å². The Morgan fingerprint density at radius 2 is 1.87 bits per heavy atom. The number of amides is 1. The molecule has 0 fully saturated rings. The maximum Gasteiger partial charge on any atom is 0.347 e. The number of carbonyl (C=O) groups is 2. The van der Waals surface area contributed by atoms with E-state index in [2.05, 4.69) is 10.3 Å². The Hall–Kier alpha value is -3.60. The SMILES string of the molecule is Cc1nc(Oc2ccc(NCc3c(F)cc(F)cc3F)c(C(N)=O)c2)sc1C(=O)O. The Morgan fingerprint density at radius 1 is 1.20 bits per heavy atom. The summed E-state index contributed by atoms with van der Waals surface area (Å²) in [6, 6.07) is 5.21. The summed E-state index contributed by atoms with van der Waals surface area (Å²) < 4.78 is 46.1. The molecule has 0 aliphatic heterocycles. The van der Waals surface area contributed by atoms with E-state index in [1.807, 2.05) is 0 Å². The first-order valence-electron chi connectivity index (χ1n) is 8.35. The zero-order valence-corrected chi connectivity index (χ0v) is 16.1. The van der Waals surface area contributed by atoms with Crippen LogP contribution in [0.15, 0.2) is 30.3 Å². The van der Waals surface area contributed by atoms with Crippen LogP contribution in [-0.2, 0) is 6.54 Å². The van der Waals surface area contributed by atoms with Crippen LogP contribution < -0.4 is 15.8 Å². The lowest BCUT2D eigenvalue weighted by atomic mass is 10.1. The molecule has 11 heteroatoms. The zero-order valence-electron chi connectivity index (χ0n) is 15.3. The number of carboxylic acids is 1. The summed E-state index contributed by atoms with van der Waals surface area (Å²) in [5, 5.41) is 11.8. The van der Waals surface area contributed by atoms with Crippen molar-refractivity contribution in [3.05, 3.63) is 69.5 Å². The smallest absolute Gasteiger partial charge is 0.347 e. The van der Waals surface area contributed by atoms with Crippen LogP contribution in [0.3, 0.4) is 0 Å². The number of halogens is 3. The van der Waals surface area contributed by atoms with E-state index >= 15 is 0 Å². The number of carbonyl (C=O) groups excluding carboxylic acids is 1. The lowest BCUT2D eigenvalue weighted by Crippen LogP contribution is -2.15. The molecule has 0 bridgehead atoms. The molecule has 1 amide bonds. The number of benzene rings is 2. The molecule has 0 aliphatic rings. The van der Waals surface area contributed by atoms with Crippen molar-refractivity contribution in [1.82, 2.24) is 4.98 Å². The monoisotopic (exact) mass is 437 g/mol. The van der Waals surface area contributed by atoms with Gasteiger partial charge in [-0.2, -0.15) is 0 Å². The third-order valence-electron chi connectivity index (χ3n) is 3.99. The van der Waals surface area contributed by atoms with E-state index in [1.54, 1.807) is 0 Å². The number of anilines is 1. The molecule has 4 N–H and O–H groups in total. The molecule has 156 valence electrons. The number of aryl methyl sites for hydroxylation is 1. The molecule has 3 rings (SSSR count). The van der Waals surface area contributed by atoms with Crippen LogP contribution in [-0.4, -0.2) is 22.0 Å². The maximum absolute atomic E-state index is 13.8. The Kier molecular flexibility index (Phi) is 5.92. The molecule has 1 aromatic heterocycles. The van der Waals surface area contributed by atoms with Crippen molar-refractivity contribution in [1.29, 1.82) is 0 Å². The Bertz CT molecular complexity index is 1130. The van der Waals surface area contributed by atoms with E-state index in [1.165, 1.54) is 25.1 Å². The Labute approximate surface area is 171 Å². The van der Waals surface area contributed by atoms with Gasteiger partial charge in [0.2, 0.25) is 0 Å². The molecule has 0 spiro atoms. The van der Waals surface area contributed by atoms with Crippen molar-refractivity contribution in [2.75, 3.05) is 5.32 Å². The van der Waals surface area contributed by atoms with Crippen LogP contribution in [0, 0.1) is 24.4 Å². The molecule has 7 nitrogen and oxygen atoms in total. The van der Waals surface area contributed by atoms with Gasteiger partial charge in [-0.25, -0.2) is 22.9 Å². The van der Waals surface area contributed by atoms with Crippen molar-refractivity contribution in [2.45, 2.75) is 13.5 Å². The summed E-state index contributed by atoms with van der Waals surface area (Å²) in [6.45, 7) is 1.15. The first-order chi connectivity index (χ1) is 14.2. The normalized spacial score (nSPS) is 10.7. The second kappa shape index (κ2) is 8.41. The first-order valence-corrected chi connectivity index (χ1v) is 9.17. The van der Waals surface area contributed by atoms with Gasteiger partial charge >= 0.3 is 5.97 Å². The van der Waals surface area contributed by atoms with Crippen LogP contribution in [0.2, 0.25) is 0 Å². The molecule has 2 aromatic carbocycles. The van der Waals surface area contributed by atoms with Crippen LogP contribution in [0.1, 0.15) is 31.3 Å². The number of ether oxygens (including phenoxy) is 1. The van der Waals surface area contributed by atoms with Gasteiger partial charge < -0.3 is 20.9 Å². The fourth-order valence-corrected chi connectivity index (χ4v) is 3.36. The average molecular weight is 437 g/mol. The standard InChI is InChI=1S/C19H14F3N3O4S/c1-8-16(18(27)28)30-19(25-8)29-10-2-3-15(11(6-10)17(23)26)24-7-12-13(21)4-9(20)5-14(12)22/h2-6,24H,7H2,1H3,(H2,23,26)(H,27,28). The molecule has 0 saturated carbocycles. The molecule has 3 aromatic rings. The fourth-order valence-electron chi connectivity index (χ4n) is 2.58. The predicted octanol–water partition coefficient (Wildman–Crippen LogP) is 4.07. The molecule has 0 saturated heterocycles. The van der Waals surface area contributed by atoms with Gasteiger partial charge in [0.1, 0.15) is 28.1 Å². The molecule has 0 aliphatic carbocycles. The molecule has 0 unspecified atom stereocenters. The number of thiazole rings is 1. The quantitative estimate of drug-likeness (QED) is 0.513. The highest BCUT2D eigenvalue weighted by Crippen LogP contribution is 2.31. The summed E-state index contributed by atoms with van der Waals surface area (Å²) in [5.74, 6) is -5.03. The Balaban J connectivity index is 1.83. The van der Waals surface area contributed by atoms with E-state index < -0.39 is 34.9 Å². The van der Waals surface area contributed by atoms with Crippen molar-refractivity contribution in [2.24, 2.45) is 5.73 Å². The highest BCUT2D eigenvalue weighted by Gasteiger charge is 2.17. The van der Waals surface area contributed by atoms with E-state index in [0.29, 0.717) is 12.1 Å². The highest BCUT2D eigenvalue weighted by molar-refractivity contribution is 7.15. The van der Waals surface area contributed by atoms with Crippen molar-refractivity contribution in [3.63, 3.8) is 0 Å². The number of hydrogen-bond acceptors (Lipinski definition) is 6. The molecular formula is C19H14F3N3O4S.